The highest BCUT2D eigenvalue weighted by molar-refractivity contribution is 7.22. The van der Waals surface area contributed by atoms with Crippen LogP contribution in [-0.4, -0.2) is 98.8 Å². The monoisotopic (exact) mass is 985 g/mol. The number of nitrogens with one attached hydrogen (secondary N) is 2. The molecule has 3 amide bonds. The van der Waals surface area contributed by atoms with Gasteiger partial charge in [-0.05, 0) is 154 Å². The second kappa shape index (κ2) is 20.1. The SMILES string of the molecule is Cc1cc(O[C@H]2CC[C@H](CCCN3CCN(c4ccc5c(C6CCC(=O)NC6=O)nn(C)c5c4)CC3)CC2)ccc1-c1ccc(N2CCc3cccc(C(=O)Nc4nc5ccccc5s4)c3C2)nc1C(=O)O. The third kappa shape index (κ3) is 9.77. The third-order valence-corrected chi connectivity index (χ3v) is 16.2. The first-order valence-electron chi connectivity index (χ1n) is 25.3. The second-order valence-electron chi connectivity index (χ2n) is 19.8. The van der Waals surface area contributed by atoms with E-state index < -0.39 is 11.9 Å². The Labute approximate surface area is 422 Å². The van der Waals surface area contributed by atoms with Gasteiger partial charge in [0.15, 0.2) is 10.8 Å². The van der Waals surface area contributed by atoms with E-state index in [-0.39, 0.29) is 29.5 Å². The first-order valence-corrected chi connectivity index (χ1v) is 26.1. The molecule has 1 saturated carbocycles. The molecule has 4 aromatic carbocycles. The highest BCUT2D eigenvalue weighted by atomic mass is 32.1. The molecule has 6 heterocycles. The Morgan fingerprint density at radius 2 is 1.67 bits per heavy atom. The van der Waals surface area contributed by atoms with E-state index in [0.717, 1.165) is 113 Å². The summed E-state index contributed by atoms with van der Waals surface area (Å²) in [6.07, 6.45) is 8.42. The number of imide groups is 1. The number of pyridine rings is 1. The summed E-state index contributed by atoms with van der Waals surface area (Å²) in [5.74, 6) is -0.151. The number of carboxylic acids is 1. The van der Waals surface area contributed by atoms with E-state index in [4.69, 9.17) is 14.8 Å². The number of carboxylic acid groups (broad SMARTS) is 1. The van der Waals surface area contributed by atoms with Crippen molar-refractivity contribution in [2.24, 2.45) is 13.0 Å². The molecule has 15 nitrogen and oxygen atoms in total. The fourth-order valence-electron chi connectivity index (χ4n) is 11.3. The van der Waals surface area contributed by atoms with Gasteiger partial charge in [-0.1, -0.05) is 41.7 Å². The molecule has 3 aromatic heterocycles. The van der Waals surface area contributed by atoms with Crippen LogP contribution in [0.4, 0.5) is 16.6 Å². The van der Waals surface area contributed by atoms with Crippen molar-refractivity contribution in [3.63, 3.8) is 0 Å². The van der Waals surface area contributed by atoms with Crippen LogP contribution < -0.4 is 25.2 Å². The Kier molecular flexibility index (Phi) is 13.2. The van der Waals surface area contributed by atoms with Crippen molar-refractivity contribution in [1.29, 1.82) is 0 Å². The molecule has 11 rings (SSSR count). The number of ether oxygens (including phenoxy) is 1. The van der Waals surface area contributed by atoms with E-state index in [1.54, 1.807) is 0 Å². The summed E-state index contributed by atoms with van der Waals surface area (Å²) in [5, 5.41) is 22.2. The third-order valence-electron chi connectivity index (χ3n) is 15.3. The Hall–Kier alpha value is -7.17. The molecule has 3 fully saturated rings. The number of aromatic nitrogens is 4. The number of aryl methyl sites for hydroxylation is 2. The number of benzene rings is 4. The molecule has 2 saturated heterocycles. The summed E-state index contributed by atoms with van der Waals surface area (Å²) in [5.41, 5.74) is 8.57. The van der Waals surface area contributed by atoms with Crippen LogP contribution in [0, 0.1) is 12.8 Å². The number of hydrogen-bond donors (Lipinski definition) is 3. The number of rotatable bonds is 13. The smallest absolute Gasteiger partial charge is 0.355 e. The maximum atomic E-state index is 13.6. The van der Waals surface area contributed by atoms with Gasteiger partial charge in [0.25, 0.3) is 5.91 Å². The molecular formula is C56H59N9O6S. The predicted molar refractivity (Wildman–Crippen MR) is 280 cm³/mol. The summed E-state index contributed by atoms with van der Waals surface area (Å²) in [4.78, 5) is 67.1. The lowest BCUT2D eigenvalue weighted by molar-refractivity contribution is -0.134. The first-order chi connectivity index (χ1) is 35.0. The number of amides is 3. The fraction of sp³-hybridized carbons (Fsp3) is 0.375. The summed E-state index contributed by atoms with van der Waals surface area (Å²) in [6.45, 7) is 8.12. The summed E-state index contributed by atoms with van der Waals surface area (Å²) in [7, 11) is 1.92. The average molecular weight is 986 g/mol. The molecule has 0 radical (unpaired) electrons. The average Bonchev–Trinajstić information content (AvgIpc) is 3.95. The number of nitrogens with zero attached hydrogens (tertiary/aromatic N) is 7. The molecule has 16 heteroatoms. The minimum atomic E-state index is -1.10. The first kappa shape index (κ1) is 47.2. The van der Waals surface area contributed by atoms with Crippen LogP contribution in [0.5, 0.6) is 5.75 Å². The zero-order chi connectivity index (χ0) is 49.5. The van der Waals surface area contributed by atoms with Crippen molar-refractivity contribution in [2.45, 2.75) is 83.3 Å². The van der Waals surface area contributed by atoms with Crippen LogP contribution in [0.25, 0.3) is 32.2 Å². The van der Waals surface area contributed by atoms with Gasteiger partial charge in [0, 0.05) is 74.9 Å². The van der Waals surface area contributed by atoms with E-state index in [1.807, 2.05) is 96.3 Å². The molecule has 1 aliphatic carbocycles. The van der Waals surface area contributed by atoms with Gasteiger partial charge in [-0.25, -0.2) is 14.8 Å². The highest BCUT2D eigenvalue weighted by Gasteiger charge is 2.32. The van der Waals surface area contributed by atoms with Crippen LogP contribution in [-0.2, 0) is 29.6 Å². The topological polar surface area (TPSA) is 175 Å². The maximum Gasteiger partial charge on any atom is 0.355 e. The number of fused-ring (bicyclic) bond motifs is 3. The maximum absolute atomic E-state index is 13.6. The minimum absolute atomic E-state index is 0.0129. The Morgan fingerprint density at radius 1 is 0.847 bits per heavy atom. The lowest BCUT2D eigenvalue weighted by Gasteiger charge is -2.36. The van der Waals surface area contributed by atoms with Crippen LogP contribution in [0.1, 0.15) is 101 Å². The number of carbonyl (C=O) groups is 4. The summed E-state index contributed by atoms with van der Waals surface area (Å²) in [6, 6.07) is 29.6. The fourth-order valence-corrected chi connectivity index (χ4v) is 12.2. The van der Waals surface area contributed by atoms with Gasteiger partial charge in [0.1, 0.15) is 11.6 Å². The number of thiazole rings is 1. The van der Waals surface area contributed by atoms with Crippen LogP contribution in [0.15, 0.2) is 91.0 Å². The van der Waals surface area contributed by atoms with Crippen molar-refractivity contribution in [2.75, 3.05) is 54.4 Å². The highest BCUT2D eigenvalue weighted by Crippen LogP contribution is 2.37. The Morgan fingerprint density at radius 3 is 2.46 bits per heavy atom. The molecule has 3 aliphatic heterocycles. The zero-order valence-electron chi connectivity index (χ0n) is 40.7. The molecule has 0 bridgehead atoms. The quantitative estimate of drug-likeness (QED) is 0.0937. The molecule has 0 spiro atoms. The number of piperidine rings is 1. The summed E-state index contributed by atoms with van der Waals surface area (Å²) >= 11 is 1.44. The number of aromatic carboxylic acids is 1. The normalized spacial score (nSPS) is 19.6. The van der Waals surface area contributed by atoms with Crippen molar-refractivity contribution in [1.82, 2.24) is 30.0 Å². The Bertz CT molecular complexity index is 3190. The predicted octanol–water partition coefficient (Wildman–Crippen LogP) is 9.13. The number of para-hydroxylation sites is 1. The number of carbonyl (C=O) groups excluding carboxylic acids is 3. The van der Waals surface area contributed by atoms with Gasteiger partial charge in [-0.15, -0.1) is 0 Å². The molecule has 1 unspecified atom stereocenters. The van der Waals surface area contributed by atoms with E-state index in [1.165, 1.54) is 29.9 Å². The van der Waals surface area contributed by atoms with Crippen LogP contribution in [0.2, 0.25) is 0 Å². The van der Waals surface area contributed by atoms with Gasteiger partial charge in [-0.3, -0.25) is 34.6 Å². The molecule has 7 aromatic rings. The molecular weight excluding hydrogens is 927 g/mol. The van der Waals surface area contributed by atoms with Gasteiger partial charge in [-0.2, -0.15) is 5.10 Å². The largest absolute Gasteiger partial charge is 0.490 e. The van der Waals surface area contributed by atoms with Crippen molar-refractivity contribution >= 4 is 72.8 Å². The zero-order valence-corrected chi connectivity index (χ0v) is 41.5. The van der Waals surface area contributed by atoms with Gasteiger partial charge < -0.3 is 19.6 Å². The lowest BCUT2D eigenvalue weighted by atomic mass is 9.84. The van der Waals surface area contributed by atoms with Crippen molar-refractivity contribution in [3.8, 4) is 16.9 Å². The van der Waals surface area contributed by atoms with Crippen molar-refractivity contribution < 1.29 is 29.0 Å². The molecule has 4 aliphatic rings. The number of anilines is 3. The van der Waals surface area contributed by atoms with Gasteiger partial charge in [0.05, 0.1) is 33.4 Å². The second-order valence-corrected chi connectivity index (χ2v) is 20.9. The van der Waals surface area contributed by atoms with Crippen LogP contribution in [0.3, 0.4) is 0 Å². The standard InChI is InChI=1S/C56H59N9O6S/c1-34-31-39(71-38-15-12-35(13-16-38)7-6-25-63-27-29-64(30-28-63)37-14-18-43-47(32-37)62(2)61-51(43)44-21-23-50(66)59-54(44)68)17-19-40(34)41-20-22-49(58-52(41)55(69)70)65-26-24-36-8-5-9-42(45(36)33-65)53(67)60-56-57-46-10-3-4-11-48(46)72-56/h3-5,8-11,14,17-20,22,31-32,35,38,44H,6-7,12-13,15-16,21,23-30,33H2,1-2H3,(H,69,70)(H,57,60,67)(H,59,66,68)/t35-,38-,44?. The lowest BCUT2D eigenvalue weighted by Crippen LogP contribution is -2.46. The molecule has 72 heavy (non-hydrogen) atoms. The van der Waals surface area contributed by atoms with Crippen molar-refractivity contribution in [3.05, 3.63) is 125 Å². The minimum Gasteiger partial charge on any atom is -0.490 e. The van der Waals surface area contributed by atoms with E-state index in [2.05, 4.69) is 43.6 Å². The van der Waals surface area contributed by atoms with Gasteiger partial charge >= 0.3 is 5.97 Å². The molecule has 3 N–H and O–H groups in total. The van der Waals surface area contributed by atoms with Gasteiger partial charge in [0.2, 0.25) is 11.8 Å². The molecule has 370 valence electrons. The summed E-state index contributed by atoms with van der Waals surface area (Å²) < 4.78 is 9.41. The number of piperazine rings is 1. The van der Waals surface area contributed by atoms with Crippen LogP contribution >= 0.6 is 11.3 Å². The van der Waals surface area contributed by atoms with E-state index in [9.17, 15) is 24.3 Å². The Balaban J connectivity index is 0.648. The van der Waals surface area contributed by atoms with E-state index in [0.29, 0.717) is 60.3 Å². The molecule has 1 atom stereocenters. The van der Waals surface area contributed by atoms with E-state index >= 15 is 0 Å². The number of hydrogen-bond acceptors (Lipinski definition) is 12.